The Labute approximate surface area is 108 Å². The van der Waals surface area contributed by atoms with E-state index in [0.717, 1.165) is 32.4 Å². The van der Waals surface area contributed by atoms with Crippen molar-refractivity contribution in [3.8, 4) is 0 Å². The summed E-state index contributed by atoms with van der Waals surface area (Å²) in [6, 6.07) is 0. The molecule has 2 amide bonds. The van der Waals surface area contributed by atoms with Gasteiger partial charge in [0.25, 0.3) is 0 Å². The van der Waals surface area contributed by atoms with E-state index >= 15 is 0 Å². The van der Waals surface area contributed by atoms with Gasteiger partial charge in [0.15, 0.2) is 0 Å². The molecule has 1 saturated heterocycles. The topological polar surface area (TPSA) is 92.7 Å². The Bertz CT molecular complexity index is 288. The number of carbonyl (C=O) groups excluding carboxylic acids is 2. The maximum atomic E-state index is 11.9. The molecule has 6 nitrogen and oxygen atoms in total. The molecule has 18 heavy (non-hydrogen) atoms. The molecule has 1 rings (SSSR count). The molecule has 0 aromatic heterocycles. The van der Waals surface area contributed by atoms with Crippen molar-refractivity contribution in [2.75, 3.05) is 39.8 Å². The molecule has 1 fully saturated rings. The lowest BCUT2D eigenvalue weighted by molar-refractivity contribution is -0.131. The van der Waals surface area contributed by atoms with E-state index in [-0.39, 0.29) is 17.7 Å². The van der Waals surface area contributed by atoms with Crippen molar-refractivity contribution in [2.24, 2.45) is 17.4 Å². The van der Waals surface area contributed by atoms with Crippen molar-refractivity contribution < 1.29 is 9.59 Å². The summed E-state index contributed by atoms with van der Waals surface area (Å²) in [4.78, 5) is 26.7. The largest absolute Gasteiger partial charge is 0.369 e. The van der Waals surface area contributed by atoms with Crippen LogP contribution in [0.4, 0.5) is 0 Å². The van der Waals surface area contributed by atoms with Crippen LogP contribution in [0.2, 0.25) is 0 Å². The van der Waals surface area contributed by atoms with Crippen molar-refractivity contribution >= 4 is 11.8 Å². The van der Waals surface area contributed by atoms with E-state index in [1.54, 1.807) is 11.9 Å². The van der Waals surface area contributed by atoms with Crippen molar-refractivity contribution in [1.82, 2.24) is 9.80 Å². The minimum Gasteiger partial charge on any atom is -0.369 e. The van der Waals surface area contributed by atoms with Crippen LogP contribution in [0.5, 0.6) is 0 Å². The normalized spacial score (nSPS) is 17.7. The third-order valence-corrected chi connectivity index (χ3v) is 3.47. The molecular weight excluding hydrogens is 232 g/mol. The Balaban J connectivity index is 2.27. The van der Waals surface area contributed by atoms with Gasteiger partial charge in [-0.2, -0.15) is 0 Å². The first-order chi connectivity index (χ1) is 8.54. The number of nitrogens with zero attached hydrogens (tertiary/aromatic N) is 2. The molecule has 0 saturated carbocycles. The second-order valence-corrected chi connectivity index (χ2v) is 4.91. The van der Waals surface area contributed by atoms with Gasteiger partial charge in [-0.15, -0.1) is 0 Å². The smallest absolute Gasteiger partial charge is 0.236 e. The first kappa shape index (κ1) is 14.9. The zero-order valence-corrected chi connectivity index (χ0v) is 11.1. The van der Waals surface area contributed by atoms with Crippen LogP contribution in [0.1, 0.15) is 19.3 Å². The van der Waals surface area contributed by atoms with Gasteiger partial charge in [-0.3, -0.25) is 14.5 Å². The number of amides is 2. The van der Waals surface area contributed by atoms with Crippen LogP contribution in [0.15, 0.2) is 0 Å². The summed E-state index contributed by atoms with van der Waals surface area (Å²) in [6.45, 7) is 3.26. The third kappa shape index (κ3) is 4.62. The van der Waals surface area contributed by atoms with Gasteiger partial charge in [-0.05, 0) is 38.9 Å². The Morgan fingerprint density at radius 1 is 1.33 bits per heavy atom. The number of nitrogens with two attached hydrogens (primary N) is 2. The Hall–Kier alpha value is -1.14. The van der Waals surface area contributed by atoms with Crippen LogP contribution in [0.25, 0.3) is 0 Å². The molecular formula is C12H24N4O2. The quantitative estimate of drug-likeness (QED) is 0.637. The number of hydrogen-bond acceptors (Lipinski definition) is 4. The van der Waals surface area contributed by atoms with Crippen LogP contribution in [0, 0.1) is 5.92 Å². The average molecular weight is 256 g/mol. The standard InChI is InChI=1S/C12H24N4O2/c1-15(6-2-5-13)11(17)9-16-7-3-10(4-8-16)12(14)18/h10H,2-9,13H2,1H3,(H2,14,18). The molecule has 0 spiro atoms. The number of likely N-dealkylation sites (tertiary alicyclic amines) is 1. The van der Waals surface area contributed by atoms with Gasteiger partial charge in [0.05, 0.1) is 6.54 Å². The second-order valence-electron chi connectivity index (χ2n) is 4.91. The molecule has 1 aliphatic rings. The third-order valence-electron chi connectivity index (χ3n) is 3.47. The van der Waals surface area contributed by atoms with E-state index in [4.69, 9.17) is 11.5 Å². The molecule has 0 unspecified atom stereocenters. The van der Waals surface area contributed by atoms with E-state index in [2.05, 4.69) is 4.90 Å². The summed E-state index contributed by atoms with van der Waals surface area (Å²) in [6.07, 6.45) is 2.34. The van der Waals surface area contributed by atoms with Crippen LogP contribution < -0.4 is 11.5 Å². The molecule has 0 radical (unpaired) electrons. The Kier molecular flexibility index (Phi) is 6.07. The number of primary amides is 1. The Morgan fingerprint density at radius 2 is 1.94 bits per heavy atom. The monoisotopic (exact) mass is 256 g/mol. The van der Waals surface area contributed by atoms with Crippen LogP contribution in [-0.2, 0) is 9.59 Å². The summed E-state index contributed by atoms with van der Waals surface area (Å²) in [5.74, 6) is -0.131. The van der Waals surface area contributed by atoms with Crippen molar-refractivity contribution in [3.63, 3.8) is 0 Å². The Morgan fingerprint density at radius 3 is 2.44 bits per heavy atom. The summed E-state index contributed by atoms with van der Waals surface area (Å²) < 4.78 is 0. The predicted octanol–water partition coefficient (Wildman–Crippen LogP) is -1.01. The van der Waals surface area contributed by atoms with Gasteiger partial charge in [0.2, 0.25) is 11.8 Å². The van der Waals surface area contributed by atoms with E-state index < -0.39 is 0 Å². The van der Waals surface area contributed by atoms with Gasteiger partial charge < -0.3 is 16.4 Å². The fourth-order valence-corrected chi connectivity index (χ4v) is 2.14. The maximum Gasteiger partial charge on any atom is 0.236 e. The molecule has 1 aliphatic heterocycles. The molecule has 0 aromatic rings. The molecule has 0 aliphatic carbocycles. The molecule has 0 bridgehead atoms. The van der Waals surface area contributed by atoms with Crippen molar-refractivity contribution in [1.29, 1.82) is 0 Å². The summed E-state index contributed by atoms with van der Waals surface area (Å²) in [5.41, 5.74) is 10.7. The summed E-state index contributed by atoms with van der Waals surface area (Å²) in [7, 11) is 1.80. The van der Waals surface area contributed by atoms with Gasteiger partial charge in [-0.1, -0.05) is 0 Å². The minimum atomic E-state index is -0.221. The summed E-state index contributed by atoms with van der Waals surface area (Å²) in [5, 5.41) is 0. The highest BCUT2D eigenvalue weighted by molar-refractivity contribution is 5.78. The number of hydrogen-bond donors (Lipinski definition) is 2. The highest BCUT2D eigenvalue weighted by Crippen LogP contribution is 2.16. The fourth-order valence-electron chi connectivity index (χ4n) is 2.14. The average Bonchev–Trinajstić information content (AvgIpc) is 2.36. The zero-order valence-electron chi connectivity index (χ0n) is 11.1. The van der Waals surface area contributed by atoms with Crippen molar-refractivity contribution in [3.05, 3.63) is 0 Å². The van der Waals surface area contributed by atoms with Crippen LogP contribution in [-0.4, -0.2) is 61.4 Å². The second kappa shape index (κ2) is 7.33. The maximum absolute atomic E-state index is 11.9. The fraction of sp³-hybridized carbons (Fsp3) is 0.833. The van der Waals surface area contributed by atoms with E-state index in [1.165, 1.54) is 0 Å². The lowest BCUT2D eigenvalue weighted by Gasteiger charge is -2.31. The van der Waals surface area contributed by atoms with E-state index in [0.29, 0.717) is 19.6 Å². The van der Waals surface area contributed by atoms with Gasteiger partial charge in [0.1, 0.15) is 0 Å². The molecule has 1 heterocycles. The van der Waals surface area contributed by atoms with Crippen LogP contribution >= 0.6 is 0 Å². The van der Waals surface area contributed by atoms with E-state index in [9.17, 15) is 9.59 Å². The number of carbonyl (C=O) groups is 2. The predicted molar refractivity (Wildman–Crippen MR) is 69.7 cm³/mol. The number of rotatable bonds is 6. The van der Waals surface area contributed by atoms with Crippen LogP contribution in [0.3, 0.4) is 0 Å². The molecule has 6 heteroatoms. The first-order valence-electron chi connectivity index (χ1n) is 6.50. The lowest BCUT2D eigenvalue weighted by Crippen LogP contribution is -2.44. The van der Waals surface area contributed by atoms with Gasteiger partial charge in [0, 0.05) is 19.5 Å². The molecule has 104 valence electrons. The number of likely N-dealkylation sites (N-methyl/N-ethyl adjacent to an activating group) is 1. The SMILES string of the molecule is CN(CCCN)C(=O)CN1CCC(C(N)=O)CC1. The highest BCUT2D eigenvalue weighted by Gasteiger charge is 2.24. The van der Waals surface area contributed by atoms with Crippen molar-refractivity contribution in [2.45, 2.75) is 19.3 Å². The highest BCUT2D eigenvalue weighted by atomic mass is 16.2. The zero-order chi connectivity index (χ0) is 13.5. The van der Waals surface area contributed by atoms with Gasteiger partial charge >= 0.3 is 0 Å². The van der Waals surface area contributed by atoms with Gasteiger partial charge in [-0.25, -0.2) is 0 Å². The molecule has 0 aromatic carbocycles. The lowest BCUT2D eigenvalue weighted by atomic mass is 9.96. The molecule has 4 N–H and O–H groups in total. The summed E-state index contributed by atoms with van der Waals surface area (Å²) >= 11 is 0. The molecule has 0 atom stereocenters. The minimum absolute atomic E-state index is 0.0219. The number of piperidine rings is 1. The van der Waals surface area contributed by atoms with E-state index in [1.807, 2.05) is 0 Å². The first-order valence-corrected chi connectivity index (χ1v) is 6.50.